The van der Waals surface area contributed by atoms with Crippen LogP contribution in [0.5, 0.6) is 0 Å². The minimum Gasteiger partial charge on any atom is -0.352 e. The predicted octanol–water partition coefficient (Wildman–Crippen LogP) is 1.76. The second-order valence-corrected chi connectivity index (χ2v) is 7.39. The van der Waals surface area contributed by atoms with Crippen LogP contribution >= 0.6 is 0 Å². The number of halogens is 3. The topological polar surface area (TPSA) is 78.5 Å². The van der Waals surface area contributed by atoms with Crippen LogP contribution in [0.1, 0.15) is 16.8 Å². The molecule has 2 N–H and O–H groups in total. The summed E-state index contributed by atoms with van der Waals surface area (Å²) in [6, 6.07) is 5.34. The second-order valence-electron chi connectivity index (χ2n) is 5.63. The summed E-state index contributed by atoms with van der Waals surface area (Å²) in [7, 11) is -2.30. The van der Waals surface area contributed by atoms with E-state index in [1.165, 1.54) is 37.4 Å². The third kappa shape index (κ3) is 7.98. The fourth-order valence-corrected chi connectivity index (χ4v) is 3.07. The van der Waals surface area contributed by atoms with Crippen LogP contribution < -0.4 is 10.0 Å². The SMILES string of the molecule is C=CCNS(=O)(=O)c1ccc(C(=O)NCCCN(C)CC(F)(F)F)cc1. The van der Waals surface area contributed by atoms with Crippen LogP contribution in [0.4, 0.5) is 13.2 Å². The van der Waals surface area contributed by atoms with Crippen LogP contribution in [0.25, 0.3) is 0 Å². The molecule has 0 heterocycles. The fraction of sp³-hybridized carbons (Fsp3) is 0.438. The van der Waals surface area contributed by atoms with Crippen molar-refractivity contribution >= 4 is 15.9 Å². The van der Waals surface area contributed by atoms with E-state index >= 15 is 0 Å². The minimum atomic E-state index is -4.25. The zero-order valence-corrected chi connectivity index (χ0v) is 15.2. The van der Waals surface area contributed by atoms with E-state index in [-0.39, 0.29) is 30.1 Å². The second kappa shape index (κ2) is 9.70. The molecule has 0 atom stereocenters. The Morgan fingerprint density at radius 1 is 1.27 bits per heavy atom. The number of carbonyl (C=O) groups excluding carboxylic acids is 1. The van der Waals surface area contributed by atoms with Gasteiger partial charge in [0.25, 0.3) is 5.91 Å². The summed E-state index contributed by atoms with van der Waals surface area (Å²) >= 11 is 0. The fourth-order valence-electron chi connectivity index (χ4n) is 2.08. The number of hydrogen-bond acceptors (Lipinski definition) is 4. The maximum atomic E-state index is 12.2. The Bertz CT molecular complexity index is 704. The van der Waals surface area contributed by atoms with Gasteiger partial charge in [-0.25, -0.2) is 13.1 Å². The van der Waals surface area contributed by atoms with Crippen molar-refractivity contribution < 1.29 is 26.4 Å². The van der Waals surface area contributed by atoms with Gasteiger partial charge in [-0.3, -0.25) is 9.69 Å². The van der Waals surface area contributed by atoms with Gasteiger partial charge < -0.3 is 5.32 Å². The summed E-state index contributed by atoms with van der Waals surface area (Å²) in [6.45, 7) is 2.90. The van der Waals surface area contributed by atoms with Crippen molar-refractivity contribution in [2.45, 2.75) is 17.5 Å². The predicted molar refractivity (Wildman–Crippen MR) is 92.3 cm³/mol. The van der Waals surface area contributed by atoms with Crippen molar-refractivity contribution in [1.82, 2.24) is 14.9 Å². The molecular formula is C16H22F3N3O3S. The van der Waals surface area contributed by atoms with E-state index in [0.29, 0.717) is 6.42 Å². The Hall–Kier alpha value is -1.91. The molecule has 1 aromatic rings. The Balaban J connectivity index is 2.47. The first-order valence-corrected chi connectivity index (χ1v) is 9.27. The van der Waals surface area contributed by atoms with Crippen molar-refractivity contribution in [2.75, 3.05) is 33.2 Å². The van der Waals surface area contributed by atoms with Crippen LogP contribution in [0, 0.1) is 0 Å². The molecular weight excluding hydrogens is 371 g/mol. The number of hydrogen-bond donors (Lipinski definition) is 2. The lowest BCUT2D eigenvalue weighted by molar-refractivity contribution is -0.143. The lowest BCUT2D eigenvalue weighted by atomic mass is 10.2. The first-order valence-electron chi connectivity index (χ1n) is 7.79. The highest BCUT2D eigenvalue weighted by Crippen LogP contribution is 2.15. The van der Waals surface area contributed by atoms with Crippen LogP contribution in [0.2, 0.25) is 0 Å². The van der Waals surface area contributed by atoms with Crippen LogP contribution in [-0.2, 0) is 10.0 Å². The Morgan fingerprint density at radius 2 is 1.88 bits per heavy atom. The molecule has 6 nitrogen and oxygen atoms in total. The first kappa shape index (κ1) is 22.1. The molecule has 0 spiro atoms. The number of rotatable bonds is 10. The molecule has 0 bridgehead atoms. The van der Waals surface area contributed by atoms with Crippen LogP contribution in [0.15, 0.2) is 41.8 Å². The Morgan fingerprint density at radius 3 is 2.42 bits per heavy atom. The zero-order valence-electron chi connectivity index (χ0n) is 14.3. The highest BCUT2D eigenvalue weighted by Gasteiger charge is 2.28. The molecule has 26 heavy (non-hydrogen) atoms. The third-order valence-electron chi connectivity index (χ3n) is 3.30. The molecule has 146 valence electrons. The first-order chi connectivity index (χ1) is 12.0. The number of amides is 1. The monoisotopic (exact) mass is 393 g/mol. The molecule has 1 rings (SSSR count). The van der Waals surface area contributed by atoms with Gasteiger partial charge in [-0.05, 0) is 44.3 Å². The zero-order chi connectivity index (χ0) is 19.8. The van der Waals surface area contributed by atoms with E-state index in [9.17, 15) is 26.4 Å². The van der Waals surface area contributed by atoms with Crippen molar-refractivity contribution in [1.29, 1.82) is 0 Å². The normalized spacial score (nSPS) is 12.2. The van der Waals surface area contributed by atoms with Gasteiger partial charge in [0.1, 0.15) is 0 Å². The summed E-state index contributed by atoms with van der Waals surface area (Å²) in [5.74, 6) is -0.425. The molecule has 0 aliphatic heterocycles. The quantitative estimate of drug-likeness (QED) is 0.469. The lowest BCUT2D eigenvalue weighted by Crippen LogP contribution is -2.33. The van der Waals surface area contributed by atoms with Gasteiger partial charge in [0, 0.05) is 18.7 Å². The molecule has 10 heteroatoms. The summed E-state index contributed by atoms with van der Waals surface area (Å²) in [6.07, 6.45) is -2.48. The molecule has 0 fully saturated rings. The number of alkyl halides is 3. The molecule has 0 aliphatic carbocycles. The largest absolute Gasteiger partial charge is 0.401 e. The standard InChI is InChI=1S/C16H22F3N3O3S/c1-3-9-21-26(24,25)14-7-5-13(6-8-14)15(23)20-10-4-11-22(2)12-16(17,18)19/h3,5-8,21H,1,4,9-12H2,2H3,(H,20,23). The number of nitrogens with one attached hydrogen (secondary N) is 2. The van der Waals surface area contributed by atoms with Gasteiger partial charge in [0.2, 0.25) is 10.0 Å². The maximum Gasteiger partial charge on any atom is 0.401 e. The Labute approximate surface area is 151 Å². The highest BCUT2D eigenvalue weighted by atomic mass is 32.2. The van der Waals surface area contributed by atoms with E-state index in [0.717, 1.165) is 4.90 Å². The maximum absolute atomic E-state index is 12.2. The van der Waals surface area contributed by atoms with E-state index in [2.05, 4.69) is 16.6 Å². The molecule has 0 aromatic heterocycles. The number of carbonyl (C=O) groups is 1. The van der Waals surface area contributed by atoms with E-state index in [4.69, 9.17) is 0 Å². The Kier molecular flexibility index (Phi) is 8.25. The average molecular weight is 393 g/mol. The molecule has 0 radical (unpaired) electrons. The van der Waals surface area contributed by atoms with Crippen molar-refractivity contribution in [3.63, 3.8) is 0 Å². The van der Waals surface area contributed by atoms with E-state index < -0.39 is 28.7 Å². The summed E-state index contributed by atoms with van der Waals surface area (Å²) in [5.41, 5.74) is 0.260. The smallest absolute Gasteiger partial charge is 0.352 e. The van der Waals surface area contributed by atoms with Gasteiger partial charge in [0.15, 0.2) is 0 Å². The minimum absolute atomic E-state index is 0.0182. The summed E-state index contributed by atoms with van der Waals surface area (Å²) in [5, 5.41) is 2.58. The number of benzene rings is 1. The highest BCUT2D eigenvalue weighted by molar-refractivity contribution is 7.89. The molecule has 0 saturated carbocycles. The number of nitrogens with zero attached hydrogens (tertiary/aromatic N) is 1. The third-order valence-corrected chi connectivity index (χ3v) is 4.74. The summed E-state index contributed by atoms with van der Waals surface area (Å²) in [4.78, 5) is 13.1. The van der Waals surface area contributed by atoms with Gasteiger partial charge in [0.05, 0.1) is 11.4 Å². The molecule has 0 unspecified atom stereocenters. The lowest BCUT2D eigenvalue weighted by Gasteiger charge is -2.18. The van der Waals surface area contributed by atoms with Crippen LogP contribution in [-0.4, -0.2) is 58.6 Å². The van der Waals surface area contributed by atoms with Crippen LogP contribution in [0.3, 0.4) is 0 Å². The van der Waals surface area contributed by atoms with Gasteiger partial charge in [-0.15, -0.1) is 6.58 Å². The summed E-state index contributed by atoms with van der Waals surface area (Å²) < 4.78 is 62.7. The van der Waals surface area contributed by atoms with E-state index in [1.807, 2.05) is 0 Å². The van der Waals surface area contributed by atoms with Crippen molar-refractivity contribution in [2.24, 2.45) is 0 Å². The number of sulfonamides is 1. The van der Waals surface area contributed by atoms with Crippen molar-refractivity contribution in [3.8, 4) is 0 Å². The molecule has 0 saturated heterocycles. The van der Waals surface area contributed by atoms with Gasteiger partial charge in [-0.1, -0.05) is 6.08 Å². The van der Waals surface area contributed by atoms with E-state index in [1.54, 1.807) is 0 Å². The van der Waals surface area contributed by atoms with Gasteiger partial charge >= 0.3 is 6.18 Å². The van der Waals surface area contributed by atoms with Gasteiger partial charge in [-0.2, -0.15) is 13.2 Å². The molecule has 1 aromatic carbocycles. The molecule has 0 aliphatic rings. The molecule has 1 amide bonds. The average Bonchev–Trinajstić information content (AvgIpc) is 2.55. The van der Waals surface area contributed by atoms with Crippen molar-refractivity contribution in [3.05, 3.63) is 42.5 Å².